The van der Waals surface area contributed by atoms with E-state index in [0.29, 0.717) is 10.7 Å². The van der Waals surface area contributed by atoms with Crippen LogP contribution in [0.5, 0.6) is 0 Å². The van der Waals surface area contributed by atoms with Gasteiger partial charge in [0, 0.05) is 16.9 Å². The van der Waals surface area contributed by atoms with E-state index in [9.17, 15) is 9.59 Å². The molecule has 1 saturated heterocycles. The Morgan fingerprint density at radius 3 is 2.10 bits per heavy atom. The predicted octanol–water partition coefficient (Wildman–Crippen LogP) is 5.97. The number of benzene rings is 3. The topological polar surface area (TPSA) is 37.4 Å². The molecule has 0 aromatic heterocycles. The van der Waals surface area contributed by atoms with Crippen LogP contribution in [0.2, 0.25) is 5.02 Å². The minimum Gasteiger partial charge on any atom is -0.274 e. The van der Waals surface area contributed by atoms with Gasteiger partial charge in [-0.3, -0.25) is 9.59 Å². The predicted molar refractivity (Wildman–Crippen MR) is 123 cm³/mol. The van der Waals surface area contributed by atoms with E-state index in [0.717, 1.165) is 11.1 Å². The van der Waals surface area contributed by atoms with E-state index in [1.165, 1.54) is 4.90 Å². The van der Waals surface area contributed by atoms with Crippen LogP contribution in [0, 0.1) is 11.3 Å². The van der Waals surface area contributed by atoms with Crippen molar-refractivity contribution in [2.75, 3.05) is 4.90 Å². The molecule has 3 aromatic carbocycles. The van der Waals surface area contributed by atoms with Crippen molar-refractivity contribution in [3.05, 3.63) is 113 Å². The Morgan fingerprint density at radius 2 is 1.45 bits per heavy atom. The number of halogens is 1. The van der Waals surface area contributed by atoms with Crippen molar-refractivity contribution >= 4 is 29.1 Å². The maximum absolute atomic E-state index is 14.0. The third-order valence-electron chi connectivity index (χ3n) is 6.72. The lowest BCUT2D eigenvalue weighted by molar-refractivity contribution is -0.127. The van der Waals surface area contributed by atoms with Gasteiger partial charge in [-0.2, -0.15) is 0 Å². The van der Waals surface area contributed by atoms with E-state index >= 15 is 0 Å². The fraction of sp³-hybridized carbons (Fsp3) is 0.185. The van der Waals surface area contributed by atoms with Crippen molar-refractivity contribution in [1.82, 2.24) is 0 Å². The van der Waals surface area contributed by atoms with E-state index in [1.54, 1.807) is 24.3 Å². The van der Waals surface area contributed by atoms with E-state index in [2.05, 4.69) is 12.2 Å². The third kappa shape index (κ3) is 3.03. The number of allylic oxidation sites excluding steroid dienone is 2. The number of carbonyl (C=O) groups excluding carboxylic acids is 2. The highest BCUT2D eigenvalue weighted by Crippen LogP contribution is 2.57. The molecule has 0 bridgehead atoms. The molecule has 1 heterocycles. The van der Waals surface area contributed by atoms with Crippen LogP contribution in [0.4, 0.5) is 5.69 Å². The van der Waals surface area contributed by atoms with Crippen LogP contribution < -0.4 is 4.90 Å². The minimum absolute atomic E-state index is 0.172. The van der Waals surface area contributed by atoms with Crippen molar-refractivity contribution in [3.8, 4) is 0 Å². The summed E-state index contributed by atoms with van der Waals surface area (Å²) < 4.78 is 0. The summed E-state index contributed by atoms with van der Waals surface area (Å²) in [4.78, 5) is 29.2. The Morgan fingerprint density at radius 1 is 0.806 bits per heavy atom. The quantitative estimate of drug-likeness (QED) is 0.381. The molecule has 3 aromatic rings. The Balaban J connectivity index is 1.69. The molecule has 0 unspecified atom stereocenters. The number of anilines is 1. The van der Waals surface area contributed by atoms with E-state index in [-0.39, 0.29) is 23.7 Å². The van der Waals surface area contributed by atoms with Crippen molar-refractivity contribution in [1.29, 1.82) is 0 Å². The first-order valence-electron chi connectivity index (χ1n) is 10.4. The Bertz CT molecular complexity index is 1170. The molecule has 2 amide bonds. The van der Waals surface area contributed by atoms with Crippen LogP contribution in [-0.2, 0) is 9.59 Å². The summed E-state index contributed by atoms with van der Waals surface area (Å²) in [7, 11) is 0. The molecule has 4 heteroatoms. The first-order valence-corrected chi connectivity index (χ1v) is 10.8. The van der Waals surface area contributed by atoms with Gasteiger partial charge in [-0.15, -0.1) is 0 Å². The SMILES string of the molecule is C[C@]12C(=O)N(c3cccc(Cl)c3)C(=O)[C@@H]1[C@@H](c1ccccc1)C=C[C@H]2c1ccccc1. The summed E-state index contributed by atoms with van der Waals surface area (Å²) in [6.45, 7) is 1.94. The first-order chi connectivity index (χ1) is 15.0. The third-order valence-corrected chi connectivity index (χ3v) is 6.96. The van der Waals surface area contributed by atoms with Gasteiger partial charge in [-0.05, 0) is 36.2 Å². The summed E-state index contributed by atoms with van der Waals surface area (Å²) in [5.41, 5.74) is 1.69. The van der Waals surface area contributed by atoms with Crippen LogP contribution in [-0.4, -0.2) is 11.8 Å². The van der Waals surface area contributed by atoms with Gasteiger partial charge >= 0.3 is 0 Å². The largest absolute Gasteiger partial charge is 0.274 e. The maximum atomic E-state index is 14.0. The molecule has 1 aliphatic carbocycles. The molecule has 4 atom stereocenters. The van der Waals surface area contributed by atoms with Gasteiger partial charge in [0.15, 0.2) is 0 Å². The molecule has 5 rings (SSSR count). The average Bonchev–Trinajstić information content (AvgIpc) is 3.00. The zero-order chi connectivity index (χ0) is 21.6. The Kier molecular flexibility index (Phi) is 4.79. The maximum Gasteiger partial charge on any atom is 0.241 e. The van der Waals surface area contributed by atoms with Crippen LogP contribution in [0.1, 0.15) is 29.9 Å². The molecule has 0 spiro atoms. The normalized spacial score (nSPS) is 27.4. The number of rotatable bonds is 3. The fourth-order valence-electron chi connectivity index (χ4n) is 5.22. The molecule has 0 saturated carbocycles. The van der Waals surface area contributed by atoms with Crippen LogP contribution in [0.15, 0.2) is 97.1 Å². The number of nitrogens with zero attached hydrogens (tertiary/aromatic N) is 1. The summed E-state index contributed by atoms with van der Waals surface area (Å²) in [6.07, 6.45) is 4.21. The summed E-state index contributed by atoms with van der Waals surface area (Å²) in [5.74, 6) is -1.22. The molecular formula is C27H22ClNO2. The Hall–Kier alpha value is -3.17. The summed E-state index contributed by atoms with van der Waals surface area (Å²) in [5, 5.41) is 0.496. The summed E-state index contributed by atoms with van der Waals surface area (Å²) in [6, 6.07) is 26.9. The molecule has 2 aliphatic rings. The second-order valence-electron chi connectivity index (χ2n) is 8.43. The highest BCUT2D eigenvalue weighted by Gasteiger charge is 2.63. The molecule has 154 valence electrons. The molecule has 1 aliphatic heterocycles. The number of hydrogen-bond acceptors (Lipinski definition) is 2. The molecule has 1 fully saturated rings. The van der Waals surface area contributed by atoms with Crippen LogP contribution in [0.3, 0.4) is 0 Å². The van der Waals surface area contributed by atoms with Gasteiger partial charge < -0.3 is 0 Å². The van der Waals surface area contributed by atoms with Crippen LogP contribution in [0.25, 0.3) is 0 Å². The summed E-state index contributed by atoms with van der Waals surface area (Å²) >= 11 is 6.19. The molecule has 0 N–H and O–H groups in total. The van der Waals surface area contributed by atoms with Gasteiger partial charge in [-0.25, -0.2) is 4.90 Å². The van der Waals surface area contributed by atoms with Gasteiger partial charge in [0.1, 0.15) is 0 Å². The lowest BCUT2D eigenvalue weighted by Crippen LogP contribution is -2.42. The highest BCUT2D eigenvalue weighted by atomic mass is 35.5. The zero-order valence-corrected chi connectivity index (χ0v) is 17.9. The van der Waals surface area contributed by atoms with Crippen LogP contribution >= 0.6 is 11.6 Å². The minimum atomic E-state index is -0.907. The van der Waals surface area contributed by atoms with Gasteiger partial charge in [0.25, 0.3) is 0 Å². The molecule has 31 heavy (non-hydrogen) atoms. The number of hydrogen-bond donors (Lipinski definition) is 0. The number of amides is 2. The second kappa shape index (κ2) is 7.51. The van der Waals surface area contributed by atoms with Crippen molar-refractivity contribution in [3.63, 3.8) is 0 Å². The van der Waals surface area contributed by atoms with E-state index in [1.807, 2.05) is 67.6 Å². The van der Waals surface area contributed by atoms with Gasteiger partial charge in [0.05, 0.1) is 17.0 Å². The standard InChI is InChI=1S/C27H22ClNO2/c1-27-23(19-11-6-3-7-12-19)16-15-22(18-9-4-2-5-10-18)24(27)25(30)29(26(27)31)21-14-8-13-20(28)17-21/h2-17,22-24H,1H3/t22-,23+,24+,27-/m1/s1. The van der Waals surface area contributed by atoms with Gasteiger partial charge in [0.2, 0.25) is 11.8 Å². The van der Waals surface area contributed by atoms with E-state index < -0.39 is 11.3 Å². The van der Waals surface area contributed by atoms with E-state index in [4.69, 9.17) is 11.6 Å². The zero-order valence-electron chi connectivity index (χ0n) is 17.1. The Labute approximate surface area is 187 Å². The number of carbonyl (C=O) groups is 2. The smallest absolute Gasteiger partial charge is 0.241 e. The monoisotopic (exact) mass is 427 g/mol. The van der Waals surface area contributed by atoms with Crippen molar-refractivity contribution in [2.45, 2.75) is 18.8 Å². The molecule has 0 radical (unpaired) electrons. The van der Waals surface area contributed by atoms with Gasteiger partial charge in [-0.1, -0.05) is 90.5 Å². The lowest BCUT2D eigenvalue weighted by Gasteiger charge is -2.41. The number of fused-ring (bicyclic) bond motifs is 1. The van der Waals surface area contributed by atoms with Crippen molar-refractivity contribution < 1.29 is 9.59 Å². The molecular weight excluding hydrogens is 406 g/mol. The average molecular weight is 428 g/mol. The molecule has 3 nitrogen and oxygen atoms in total. The first kappa shape index (κ1) is 19.8. The fourth-order valence-corrected chi connectivity index (χ4v) is 5.41. The second-order valence-corrected chi connectivity index (χ2v) is 8.87. The van der Waals surface area contributed by atoms with Crippen molar-refractivity contribution in [2.24, 2.45) is 11.3 Å². The number of imide groups is 1. The lowest BCUT2D eigenvalue weighted by atomic mass is 9.58. The highest BCUT2D eigenvalue weighted by molar-refractivity contribution is 6.31.